The molecule has 0 saturated heterocycles. The molecule has 4 atom stereocenters. The summed E-state index contributed by atoms with van der Waals surface area (Å²) in [6.45, 7) is 3.79. The molecule has 23 nitrogen and oxygen atoms in total. The quantitative estimate of drug-likeness (QED) is 0.0852. The molecule has 0 bridgehead atoms. The summed E-state index contributed by atoms with van der Waals surface area (Å²) in [5.41, 5.74) is 6.86. The maximum Gasteiger partial charge on any atom is 0.416 e. The molecule has 0 saturated carbocycles. The van der Waals surface area contributed by atoms with E-state index in [-0.39, 0.29) is 11.4 Å². The number of hydroxylamine groups is 4. The number of dihydropyridines is 2. The maximum atomic E-state index is 13.1. The topological polar surface area (TPSA) is 310 Å². The number of carbonyl (C=O) groups excluding carboxylic acids is 1. The van der Waals surface area contributed by atoms with Crippen molar-refractivity contribution in [3.63, 3.8) is 0 Å². The van der Waals surface area contributed by atoms with Gasteiger partial charge in [-0.1, -0.05) is 24.3 Å². The molecule has 8 aromatic rings. The Hall–Kier alpha value is -8.33. The van der Waals surface area contributed by atoms with Crippen LogP contribution in [-0.2, 0) is 28.8 Å². The second-order valence-electron chi connectivity index (χ2n) is 16.4. The molecular formula is C47H40N14O9S2. The minimum Gasteiger partial charge on any atom is -0.486 e. The lowest BCUT2D eigenvalue weighted by atomic mass is 10.0. The number of H-pyrrole nitrogens is 2. The molecule has 4 unspecified atom stereocenters. The number of aliphatic imine (C=N–C) groups is 2. The zero-order chi connectivity index (χ0) is 50.5. The number of carbonyl (C=O) groups is 1. The molecule has 4 aromatic carbocycles. The number of rotatable bonds is 14. The molecule has 25 heteroatoms. The van der Waals surface area contributed by atoms with Crippen LogP contribution in [0.1, 0.15) is 48.6 Å². The van der Waals surface area contributed by atoms with Gasteiger partial charge in [-0.2, -0.15) is 35.6 Å². The maximum absolute atomic E-state index is 13.1. The summed E-state index contributed by atoms with van der Waals surface area (Å²) in [7, 11) is -9.14. The van der Waals surface area contributed by atoms with Gasteiger partial charge in [0.2, 0.25) is 0 Å². The van der Waals surface area contributed by atoms with E-state index in [0.29, 0.717) is 77.0 Å². The van der Waals surface area contributed by atoms with Gasteiger partial charge >= 0.3 is 24.7 Å². The molecule has 4 N–H and O–H groups in total. The highest BCUT2D eigenvalue weighted by Crippen LogP contribution is 2.34. The van der Waals surface area contributed by atoms with Gasteiger partial charge in [-0.05, 0) is 74.5 Å². The van der Waals surface area contributed by atoms with Gasteiger partial charge in [0.25, 0.3) is 0 Å². The second kappa shape index (κ2) is 18.8. The predicted molar refractivity (Wildman–Crippen MR) is 266 cm³/mol. The van der Waals surface area contributed by atoms with Gasteiger partial charge in [0.05, 0.1) is 44.5 Å². The summed E-state index contributed by atoms with van der Waals surface area (Å²) < 4.78 is 72.4. The van der Waals surface area contributed by atoms with E-state index in [9.17, 15) is 21.6 Å². The smallest absolute Gasteiger partial charge is 0.416 e. The van der Waals surface area contributed by atoms with E-state index < -0.39 is 49.2 Å². The Morgan fingerprint density at radius 2 is 1.03 bits per heavy atom. The first-order chi connectivity index (χ1) is 34.5. The third-order valence-electron chi connectivity index (χ3n) is 11.6. The Morgan fingerprint density at radius 1 is 0.611 bits per heavy atom. The first-order valence-electron chi connectivity index (χ1n) is 21.8. The van der Waals surface area contributed by atoms with E-state index in [4.69, 9.17) is 28.9 Å². The monoisotopic (exact) mass is 1010 g/mol. The van der Waals surface area contributed by atoms with Crippen LogP contribution in [0.4, 0.5) is 4.79 Å². The Morgan fingerprint density at radius 3 is 1.44 bits per heavy atom. The number of fused-ring (bicyclic) bond motifs is 4. The number of benzene rings is 4. The zero-order valence-corrected chi connectivity index (χ0v) is 40.0. The van der Waals surface area contributed by atoms with E-state index in [0.717, 1.165) is 36.3 Å². The van der Waals surface area contributed by atoms with E-state index in [1.807, 2.05) is 50.2 Å². The first-order valence-corrected chi connectivity index (χ1v) is 24.6. The summed E-state index contributed by atoms with van der Waals surface area (Å²) >= 11 is 0. The van der Waals surface area contributed by atoms with Crippen LogP contribution >= 0.6 is 0 Å². The van der Waals surface area contributed by atoms with Crippen molar-refractivity contribution in [1.29, 1.82) is 10.8 Å². The number of ether oxygens (including phenoxy) is 2. The standard InChI is InChI=1S/C47H40N14O9S2/c1-25(31-7-5-9-39-43(31)52-17-15-50-39)67-29-11-13-37-33(21-29)41(58-56-37)27-19-35(48)45(54-23-27)60(3)69-71(63,64)47(62)72(65,66)70-61(4)46-36(49)20-28(24-55-46)42-34-22-30(12-14-38(34)57-59-42)68-26(2)32-8-6-10-40-44(32)53-18-16-51-40/h5-26,45-46,48-49H,1-4H3,(H,56,58)(H,57,59). The molecule has 6 heterocycles. The minimum absolute atomic E-state index is 0.286. The number of aromatic nitrogens is 8. The molecule has 0 amide bonds. The van der Waals surface area contributed by atoms with Gasteiger partial charge in [0, 0.05) is 84.4 Å². The molecular weight excluding hydrogens is 969 g/mol. The lowest BCUT2D eigenvalue weighted by Crippen LogP contribution is -2.43. The average molecular weight is 1010 g/mol. The molecule has 4 aromatic heterocycles. The van der Waals surface area contributed by atoms with Crippen LogP contribution in [0, 0.1) is 10.8 Å². The van der Waals surface area contributed by atoms with Crippen LogP contribution in [0.25, 0.3) is 55.0 Å². The number of nitrogens with zero attached hydrogens (tertiary/aromatic N) is 10. The number of allylic oxidation sites excluding steroid dienone is 2. The number of para-hydroxylation sites is 2. The van der Waals surface area contributed by atoms with Crippen LogP contribution in [0.5, 0.6) is 11.5 Å². The minimum atomic E-state index is -5.62. The molecule has 2 aliphatic rings. The fourth-order valence-electron chi connectivity index (χ4n) is 8.23. The summed E-state index contributed by atoms with van der Waals surface area (Å²) in [6.07, 6.45) is 8.19. The van der Waals surface area contributed by atoms with Gasteiger partial charge in [-0.25, -0.2) is 0 Å². The lowest BCUT2D eigenvalue weighted by molar-refractivity contribution is -0.0404. The van der Waals surface area contributed by atoms with Crippen molar-refractivity contribution < 1.29 is 39.7 Å². The fourth-order valence-corrected chi connectivity index (χ4v) is 10.3. The molecule has 364 valence electrons. The first kappa shape index (κ1) is 47.4. The van der Waals surface area contributed by atoms with Crippen LogP contribution in [-0.4, -0.2) is 122 Å². The van der Waals surface area contributed by atoms with Crippen molar-refractivity contribution in [2.45, 2.75) is 38.4 Å². The van der Waals surface area contributed by atoms with Gasteiger partial charge in [-0.3, -0.25) is 44.9 Å². The highest BCUT2D eigenvalue weighted by molar-refractivity contribution is 8.27. The molecule has 10 rings (SSSR count). The van der Waals surface area contributed by atoms with E-state index in [1.165, 1.54) is 24.6 Å². The fraction of sp³-hybridized carbons (Fsp3) is 0.170. The van der Waals surface area contributed by atoms with E-state index in [2.05, 4.69) is 50.3 Å². The van der Waals surface area contributed by atoms with E-state index in [1.54, 1.807) is 61.2 Å². The summed E-state index contributed by atoms with van der Waals surface area (Å²) in [4.78, 5) is 39.3. The van der Waals surface area contributed by atoms with Gasteiger partial charge in [-0.15, -0.1) is 10.1 Å². The van der Waals surface area contributed by atoms with Gasteiger partial charge < -0.3 is 20.3 Å². The van der Waals surface area contributed by atoms with Crippen LogP contribution < -0.4 is 9.47 Å². The number of hydrogen-bond acceptors (Lipinski definition) is 21. The summed E-state index contributed by atoms with van der Waals surface area (Å²) in [5, 5.41) is 34.4. The van der Waals surface area contributed by atoms with Crippen molar-refractivity contribution in [3.05, 3.63) is 132 Å². The Labute approximate surface area is 409 Å². The number of nitrogens with one attached hydrogen (secondary N) is 4. The van der Waals surface area contributed by atoms with Crippen LogP contribution in [0.15, 0.2) is 120 Å². The lowest BCUT2D eigenvalue weighted by Gasteiger charge is -2.25. The van der Waals surface area contributed by atoms with Gasteiger partial charge in [0.15, 0.2) is 12.3 Å². The Balaban J connectivity index is 0.765. The number of hydrogen-bond donors (Lipinski definition) is 4. The second-order valence-corrected chi connectivity index (χ2v) is 19.6. The van der Waals surface area contributed by atoms with Crippen LogP contribution in [0.3, 0.4) is 0 Å². The third-order valence-corrected chi connectivity index (χ3v) is 14.5. The molecule has 0 aliphatic carbocycles. The van der Waals surface area contributed by atoms with Crippen molar-refractivity contribution >= 4 is 104 Å². The highest BCUT2D eigenvalue weighted by atomic mass is 32.3. The Kier molecular flexibility index (Phi) is 12.3. The zero-order valence-electron chi connectivity index (χ0n) is 38.3. The number of aromatic amines is 2. The van der Waals surface area contributed by atoms with Crippen molar-refractivity contribution in [2.75, 3.05) is 14.1 Å². The predicted octanol–water partition coefficient (Wildman–Crippen LogP) is 6.44. The Bertz CT molecular complexity index is 3630. The van der Waals surface area contributed by atoms with Crippen molar-refractivity contribution in [2.24, 2.45) is 9.98 Å². The highest BCUT2D eigenvalue weighted by Gasteiger charge is 2.43. The SMILES string of the molecule is CC(Oc1ccc2[nH]nc(C3=CC(=N)C(N(C)OS(=O)(=O)C(=O)S(=O)(=O)ON(C)C4N=CC(c5n[nH]c6ccc(OC(C)c7cccc8nccnc78)cc56)=CC4=N)N=C3)c2c1)c1cccc2nccnc12. The molecule has 0 spiro atoms. The van der Waals surface area contributed by atoms with Gasteiger partial charge in [0.1, 0.15) is 35.1 Å². The van der Waals surface area contributed by atoms with Crippen molar-refractivity contribution in [1.82, 2.24) is 50.5 Å². The normalized spacial score (nSPS) is 17.2. The van der Waals surface area contributed by atoms with Crippen LogP contribution in [0.2, 0.25) is 0 Å². The molecule has 72 heavy (non-hydrogen) atoms. The largest absolute Gasteiger partial charge is 0.486 e. The molecule has 0 radical (unpaired) electrons. The van der Waals surface area contributed by atoms with E-state index >= 15 is 0 Å². The third kappa shape index (κ3) is 9.13. The summed E-state index contributed by atoms with van der Waals surface area (Å²) in [6, 6.07) is 22.0. The summed E-state index contributed by atoms with van der Waals surface area (Å²) in [5.74, 6) is 1.04. The average Bonchev–Trinajstić information content (AvgIpc) is 3.99. The molecule has 2 aliphatic heterocycles. The van der Waals surface area contributed by atoms with Crippen molar-refractivity contribution in [3.8, 4) is 11.5 Å². The molecule has 0 fully saturated rings.